The van der Waals surface area contributed by atoms with Crippen LogP contribution in [0.3, 0.4) is 0 Å². The summed E-state index contributed by atoms with van der Waals surface area (Å²) < 4.78 is 6.06. The molecule has 25 heavy (non-hydrogen) atoms. The SMILES string of the molecule is CC1(CNC(=O)CCc2cccc(OC3CCCC3)c2)CCNCC1. The minimum absolute atomic E-state index is 0.155. The average Bonchev–Trinajstić information content (AvgIpc) is 3.12. The van der Waals surface area contributed by atoms with Gasteiger partial charge in [-0.25, -0.2) is 0 Å². The molecule has 1 heterocycles. The third kappa shape index (κ3) is 5.74. The van der Waals surface area contributed by atoms with Crippen LogP contribution >= 0.6 is 0 Å². The van der Waals surface area contributed by atoms with Crippen LogP contribution in [-0.4, -0.2) is 31.6 Å². The predicted molar refractivity (Wildman–Crippen MR) is 101 cm³/mol. The summed E-state index contributed by atoms with van der Waals surface area (Å²) in [5.74, 6) is 1.11. The number of hydrogen-bond acceptors (Lipinski definition) is 3. The number of amides is 1. The van der Waals surface area contributed by atoms with Crippen LogP contribution in [0.1, 0.15) is 57.4 Å². The van der Waals surface area contributed by atoms with E-state index in [1.165, 1.54) is 31.2 Å². The van der Waals surface area contributed by atoms with Gasteiger partial charge in [0.25, 0.3) is 0 Å². The molecule has 1 aliphatic carbocycles. The number of carbonyl (C=O) groups excluding carboxylic acids is 1. The molecule has 0 radical (unpaired) electrons. The molecule has 1 aliphatic heterocycles. The van der Waals surface area contributed by atoms with Gasteiger partial charge < -0.3 is 15.4 Å². The second-order valence-corrected chi connectivity index (χ2v) is 8.01. The van der Waals surface area contributed by atoms with Crippen LogP contribution in [0.5, 0.6) is 5.75 Å². The maximum absolute atomic E-state index is 12.2. The van der Waals surface area contributed by atoms with E-state index in [1.807, 2.05) is 12.1 Å². The first kappa shape index (κ1) is 18.2. The molecule has 1 amide bonds. The van der Waals surface area contributed by atoms with Crippen LogP contribution in [0.4, 0.5) is 0 Å². The molecular weight excluding hydrogens is 312 g/mol. The Hall–Kier alpha value is -1.55. The topological polar surface area (TPSA) is 50.4 Å². The molecule has 2 fully saturated rings. The zero-order valence-electron chi connectivity index (χ0n) is 15.5. The smallest absolute Gasteiger partial charge is 0.220 e. The summed E-state index contributed by atoms with van der Waals surface area (Å²) >= 11 is 0. The molecule has 1 saturated carbocycles. The quantitative estimate of drug-likeness (QED) is 0.796. The summed E-state index contributed by atoms with van der Waals surface area (Å²) in [5.41, 5.74) is 1.43. The molecule has 0 spiro atoms. The minimum Gasteiger partial charge on any atom is -0.490 e. The maximum atomic E-state index is 12.2. The molecule has 3 rings (SSSR count). The molecular formula is C21H32N2O2. The molecule has 1 aromatic carbocycles. The standard InChI is InChI=1S/C21H32N2O2/c1-21(11-13-22-14-12-21)16-23-20(24)10-9-17-5-4-8-19(15-17)25-18-6-2-3-7-18/h4-5,8,15,18,22H,2-3,6-7,9-14,16H2,1H3,(H,23,24). The van der Waals surface area contributed by atoms with Crippen molar-refractivity contribution in [2.45, 2.75) is 64.4 Å². The van der Waals surface area contributed by atoms with Crippen LogP contribution in [-0.2, 0) is 11.2 Å². The van der Waals surface area contributed by atoms with Gasteiger partial charge in [-0.15, -0.1) is 0 Å². The number of carbonyl (C=O) groups is 1. The van der Waals surface area contributed by atoms with Crippen molar-refractivity contribution in [3.05, 3.63) is 29.8 Å². The van der Waals surface area contributed by atoms with E-state index in [1.54, 1.807) is 0 Å². The Morgan fingerprint density at radius 2 is 2.04 bits per heavy atom. The minimum atomic E-state index is 0.155. The lowest BCUT2D eigenvalue weighted by Crippen LogP contribution is -2.42. The van der Waals surface area contributed by atoms with Gasteiger partial charge in [0.15, 0.2) is 0 Å². The van der Waals surface area contributed by atoms with Crippen LogP contribution in [0, 0.1) is 5.41 Å². The number of benzene rings is 1. The van der Waals surface area contributed by atoms with E-state index < -0.39 is 0 Å². The second-order valence-electron chi connectivity index (χ2n) is 8.01. The van der Waals surface area contributed by atoms with Gasteiger partial charge in [-0.05, 0) is 81.1 Å². The molecule has 1 saturated heterocycles. The first-order chi connectivity index (χ1) is 12.1. The molecule has 0 atom stereocenters. The molecule has 0 unspecified atom stereocenters. The van der Waals surface area contributed by atoms with Gasteiger partial charge in [0, 0.05) is 13.0 Å². The van der Waals surface area contributed by atoms with Gasteiger partial charge in [-0.3, -0.25) is 4.79 Å². The second kappa shape index (κ2) is 8.70. The first-order valence-corrected chi connectivity index (χ1v) is 9.86. The van der Waals surface area contributed by atoms with Crippen molar-refractivity contribution in [1.82, 2.24) is 10.6 Å². The highest BCUT2D eigenvalue weighted by Gasteiger charge is 2.26. The summed E-state index contributed by atoms with van der Waals surface area (Å²) in [4.78, 5) is 12.2. The molecule has 2 N–H and O–H groups in total. The lowest BCUT2D eigenvalue weighted by molar-refractivity contribution is -0.121. The number of hydrogen-bond donors (Lipinski definition) is 2. The van der Waals surface area contributed by atoms with Crippen molar-refractivity contribution in [1.29, 1.82) is 0 Å². The lowest BCUT2D eigenvalue weighted by Gasteiger charge is -2.34. The van der Waals surface area contributed by atoms with Gasteiger partial charge in [0.2, 0.25) is 5.91 Å². The fourth-order valence-corrected chi connectivity index (χ4v) is 3.84. The Kier molecular flexibility index (Phi) is 6.35. The Balaban J connectivity index is 1.42. The van der Waals surface area contributed by atoms with E-state index in [0.717, 1.165) is 44.6 Å². The third-order valence-corrected chi connectivity index (χ3v) is 5.67. The molecule has 1 aromatic rings. The largest absolute Gasteiger partial charge is 0.490 e. The number of aryl methyl sites for hydroxylation is 1. The predicted octanol–water partition coefficient (Wildman–Crippen LogP) is 3.45. The molecule has 0 bridgehead atoms. The van der Waals surface area contributed by atoms with Crippen LogP contribution in [0.25, 0.3) is 0 Å². The number of nitrogens with one attached hydrogen (secondary N) is 2. The molecule has 4 nitrogen and oxygen atoms in total. The van der Waals surface area contributed by atoms with Crippen LogP contribution in [0.15, 0.2) is 24.3 Å². The normalized spacial score (nSPS) is 20.4. The third-order valence-electron chi connectivity index (χ3n) is 5.67. The fourth-order valence-electron chi connectivity index (χ4n) is 3.84. The van der Waals surface area contributed by atoms with E-state index >= 15 is 0 Å². The molecule has 2 aliphatic rings. The van der Waals surface area contributed by atoms with E-state index in [2.05, 4.69) is 29.7 Å². The highest BCUT2D eigenvalue weighted by molar-refractivity contribution is 5.76. The molecule has 0 aromatic heterocycles. The van der Waals surface area contributed by atoms with Crippen molar-refractivity contribution < 1.29 is 9.53 Å². The fraction of sp³-hybridized carbons (Fsp3) is 0.667. The highest BCUT2D eigenvalue weighted by atomic mass is 16.5. The van der Waals surface area contributed by atoms with Gasteiger partial charge in [-0.1, -0.05) is 19.1 Å². The summed E-state index contributed by atoms with van der Waals surface area (Å²) in [6, 6.07) is 8.25. The monoisotopic (exact) mass is 344 g/mol. The number of ether oxygens (including phenoxy) is 1. The van der Waals surface area contributed by atoms with Gasteiger partial charge >= 0.3 is 0 Å². The van der Waals surface area contributed by atoms with Crippen LogP contribution in [0.2, 0.25) is 0 Å². The van der Waals surface area contributed by atoms with Gasteiger partial charge in [0.05, 0.1) is 6.10 Å². The summed E-state index contributed by atoms with van der Waals surface area (Å²) in [5, 5.41) is 6.52. The number of piperidine rings is 1. The van der Waals surface area contributed by atoms with Crippen LogP contribution < -0.4 is 15.4 Å². The summed E-state index contributed by atoms with van der Waals surface area (Å²) in [6.07, 6.45) is 8.85. The van der Waals surface area contributed by atoms with Crippen molar-refractivity contribution in [3.8, 4) is 5.75 Å². The summed E-state index contributed by atoms with van der Waals surface area (Å²) in [7, 11) is 0. The van der Waals surface area contributed by atoms with E-state index in [9.17, 15) is 4.79 Å². The molecule has 138 valence electrons. The van der Waals surface area contributed by atoms with Crippen molar-refractivity contribution in [3.63, 3.8) is 0 Å². The Morgan fingerprint density at radius 1 is 1.28 bits per heavy atom. The van der Waals surface area contributed by atoms with Crippen molar-refractivity contribution in [2.75, 3.05) is 19.6 Å². The van der Waals surface area contributed by atoms with Gasteiger partial charge in [-0.2, -0.15) is 0 Å². The summed E-state index contributed by atoms with van der Waals surface area (Å²) in [6.45, 7) is 5.18. The Labute approximate surface area is 151 Å². The van der Waals surface area contributed by atoms with E-state index in [-0.39, 0.29) is 11.3 Å². The molecule has 4 heteroatoms. The highest BCUT2D eigenvalue weighted by Crippen LogP contribution is 2.27. The zero-order chi connectivity index (χ0) is 17.5. The van der Waals surface area contributed by atoms with E-state index in [4.69, 9.17) is 4.74 Å². The Morgan fingerprint density at radius 3 is 2.80 bits per heavy atom. The maximum Gasteiger partial charge on any atom is 0.220 e. The van der Waals surface area contributed by atoms with Crippen molar-refractivity contribution >= 4 is 5.91 Å². The van der Waals surface area contributed by atoms with Crippen molar-refractivity contribution in [2.24, 2.45) is 5.41 Å². The average molecular weight is 344 g/mol. The number of rotatable bonds is 7. The zero-order valence-corrected chi connectivity index (χ0v) is 15.5. The van der Waals surface area contributed by atoms with Gasteiger partial charge in [0.1, 0.15) is 5.75 Å². The van der Waals surface area contributed by atoms with E-state index in [0.29, 0.717) is 12.5 Å². The Bertz CT molecular complexity index is 561. The lowest BCUT2D eigenvalue weighted by atomic mass is 9.81. The first-order valence-electron chi connectivity index (χ1n) is 9.86.